The summed E-state index contributed by atoms with van der Waals surface area (Å²) < 4.78 is 10.5. The number of amides is 1. The Morgan fingerprint density at radius 3 is 2.43 bits per heavy atom. The van der Waals surface area contributed by atoms with Crippen LogP contribution >= 0.6 is 0 Å². The van der Waals surface area contributed by atoms with Crippen molar-refractivity contribution >= 4 is 17.3 Å². The number of hydrogen-bond acceptors (Lipinski definition) is 4. The standard InChI is InChI=1S/C16H18N2O3/c1-3-21-12-6-4-11(5-7-12)16(19)18-15-10-13(20-2)8-9-14(15)17/h4-10H,3,17H2,1-2H3,(H,18,19). The van der Waals surface area contributed by atoms with Crippen molar-refractivity contribution in [2.75, 3.05) is 24.8 Å². The molecule has 0 saturated carbocycles. The Morgan fingerprint density at radius 1 is 1.14 bits per heavy atom. The van der Waals surface area contributed by atoms with Gasteiger partial charge in [0.2, 0.25) is 0 Å². The van der Waals surface area contributed by atoms with Gasteiger partial charge in [-0.1, -0.05) is 0 Å². The Morgan fingerprint density at radius 2 is 1.81 bits per heavy atom. The molecule has 0 aromatic heterocycles. The number of benzene rings is 2. The molecule has 0 unspecified atom stereocenters. The first kappa shape index (κ1) is 14.7. The molecule has 0 fully saturated rings. The van der Waals surface area contributed by atoms with Gasteiger partial charge in [0.15, 0.2) is 0 Å². The van der Waals surface area contributed by atoms with E-state index in [1.54, 1.807) is 49.6 Å². The molecule has 3 N–H and O–H groups in total. The van der Waals surface area contributed by atoms with Crippen molar-refractivity contribution in [3.63, 3.8) is 0 Å². The molecule has 21 heavy (non-hydrogen) atoms. The van der Waals surface area contributed by atoms with Crippen molar-refractivity contribution < 1.29 is 14.3 Å². The van der Waals surface area contributed by atoms with Crippen molar-refractivity contribution in [3.05, 3.63) is 48.0 Å². The number of ether oxygens (including phenoxy) is 2. The lowest BCUT2D eigenvalue weighted by Gasteiger charge is -2.10. The molecule has 0 radical (unpaired) electrons. The summed E-state index contributed by atoms with van der Waals surface area (Å²) in [5.74, 6) is 1.12. The highest BCUT2D eigenvalue weighted by molar-refractivity contribution is 6.05. The first-order valence-corrected chi connectivity index (χ1v) is 6.61. The third kappa shape index (κ3) is 3.66. The molecule has 5 heteroatoms. The molecule has 110 valence electrons. The van der Waals surface area contributed by atoms with Crippen molar-refractivity contribution in [1.29, 1.82) is 0 Å². The maximum absolute atomic E-state index is 12.2. The molecule has 0 saturated heterocycles. The van der Waals surface area contributed by atoms with Gasteiger partial charge < -0.3 is 20.5 Å². The van der Waals surface area contributed by atoms with Gasteiger partial charge in [-0.3, -0.25) is 4.79 Å². The van der Waals surface area contributed by atoms with E-state index in [0.29, 0.717) is 29.3 Å². The molecule has 0 bridgehead atoms. The molecule has 1 amide bonds. The third-order valence-corrected chi connectivity index (χ3v) is 2.94. The number of nitrogen functional groups attached to an aromatic ring is 1. The number of nitrogens with two attached hydrogens (primary N) is 1. The number of anilines is 2. The van der Waals surface area contributed by atoms with Crippen LogP contribution in [0.1, 0.15) is 17.3 Å². The van der Waals surface area contributed by atoms with Gasteiger partial charge in [-0.2, -0.15) is 0 Å². The van der Waals surface area contributed by atoms with Crippen molar-refractivity contribution in [2.45, 2.75) is 6.92 Å². The monoisotopic (exact) mass is 286 g/mol. The van der Waals surface area contributed by atoms with Crippen LogP contribution in [0, 0.1) is 0 Å². The maximum Gasteiger partial charge on any atom is 0.255 e. The predicted molar refractivity (Wildman–Crippen MR) is 83.0 cm³/mol. The van der Waals surface area contributed by atoms with Crippen molar-refractivity contribution in [3.8, 4) is 11.5 Å². The molecule has 0 aliphatic heterocycles. The zero-order valence-corrected chi connectivity index (χ0v) is 12.1. The van der Waals surface area contributed by atoms with Gasteiger partial charge in [0.25, 0.3) is 5.91 Å². The Kier molecular flexibility index (Phi) is 4.66. The van der Waals surface area contributed by atoms with Gasteiger partial charge in [-0.05, 0) is 43.3 Å². The van der Waals surface area contributed by atoms with E-state index in [1.165, 1.54) is 0 Å². The third-order valence-electron chi connectivity index (χ3n) is 2.94. The molecular formula is C16H18N2O3. The minimum atomic E-state index is -0.238. The average molecular weight is 286 g/mol. The van der Waals surface area contributed by atoms with Crippen LogP contribution in [0.3, 0.4) is 0 Å². The Hall–Kier alpha value is -2.69. The Balaban J connectivity index is 2.14. The van der Waals surface area contributed by atoms with E-state index in [2.05, 4.69) is 5.32 Å². The SMILES string of the molecule is CCOc1ccc(C(=O)Nc2cc(OC)ccc2N)cc1. The highest BCUT2D eigenvalue weighted by Gasteiger charge is 2.09. The van der Waals surface area contributed by atoms with Gasteiger partial charge in [-0.15, -0.1) is 0 Å². The molecule has 0 aliphatic rings. The Labute approximate surface area is 123 Å². The highest BCUT2D eigenvalue weighted by Crippen LogP contribution is 2.25. The van der Waals surface area contributed by atoms with E-state index in [1.807, 2.05) is 6.92 Å². The van der Waals surface area contributed by atoms with Crippen LogP contribution in [0.4, 0.5) is 11.4 Å². The second-order valence-corrected chi connectivity index (χ2v) is 4.36. The molecular weight excluding hydrogens is 268 g/mol. The van der Waals surface area contributed by atoms with Crippen LogP contribution in [0.25, 0.3) is 0 Å². The van der Waals surface area contributed by atoms with E-state index in [-0.39, 0.29) is 5.91 Å². The quantitative estimate of drug-likeness (QED) is 0.829. The van der Waals surface area contributed by atoms with Crippen LogP contribution in [0.5, 0.6) is 11.5 Å². The fourth-order valence-corrected chi connectivity index (χ4v) is 1.83. The fraction of sp³-hybridized carbons (Fsp3) is 0.188. The summed E-state index contributed by atoms with van der Waals surface area (Å²) in [5, 5.41) is 2.77. The zero-order valence-electron chi connectivity index (χ0n) is 12.1. The van der Waals surface area contributed by atoms with E-state index in [0.717, 1.165) is 5.75 Å². The normalized spacial score (nSPS) is 10.0. The van der Waals surface area contributed by atoms with Crippen molar-refractivity contribution in [2.24, 2.45) is 0 Å². The lowest BCUT2D eigenvalue weighted by molar-refractivity contribution is 0.102. The topological polar surface area (TPSA) is 73.6 Å². The first-order chi connectivity index (χ1) is 10.1. The van der Waals surface area contributed by atoms with Crippen LogP contribution in [0.2, 0.25) is 0 Å². The van der Waals surface area contributed by atoms with Crippen LogP contribution in [-0.4, -0.2) is 19.6 Å². The number of nitrogens with one attached hydrogen (secondary N) is 1. The minimum Gasteiger partial charge on any atom is -0.497 e. The highest BCUT2D eigenvalue weighted by atomic mass is 16.5. The number of carbonyl (C=O) groups is 1. The van der Waals surface area contributed by atoms with E-state index in [9.17, 15) is 4.79 Å². The minimum absolute atomic E-state index is 0.238. The Bertz CT molecular complexity index is 624. The van der Waals surface area contributed by atoms with Crippen molar-refractivity contribution in [1.82, 2.24) is 0 Å². The number of rotatable bonds is 5. The van der Waals surface area contributed by atoms with E-state index < -0.39 is 0 Å². The van der Waals surface area contributed by atoms with Gasteiger partial charge >= 0.3 is 0 Å². The van der Waals surface area contributed by atoms with Crippen LogP contribution in [-0.2, 0) is 0 Å². The summed E-state index contributed by atoms with van der Waals surface area (Å²) in [5.41, 5.74) is 7.38. The molecule has 0 atom stereocenters. The van der Waals surface area contributed by atoms with Gasteiger partial charge in [0.1, 0.15) is 11.5 Å². The summed E-state index contributed by atoms with van der Waals surface area (Å²) in [6.07, 6.45) is 0. The number of carbonyl (C=O) groups excluding carboxylic acids is 1. The first-order valence-electron chi connectivity index (χ1n) is 6.61. The maximum atomic E-state index is 12.2. The summed E-state index contributed by atoms with van der Waals surface area (Å²) in [6, 6.07) is 12.0. The lowest BCUT2D eigenvalue weighted by atomic mass is 10.2. The summed E-state index contributed by atoms with van der Waals surface area (Å²) in [7, 11) is 1.56. The van der Waals surface area contributed by atoms with E-state index >= 15 is 0 Å². The van der Waals surface area contributed by atoms with E-state index in [4.69, 9.17) is 15.2 Å². The average Bonchev–Trinajstić information content (AvgIpc) is 2.50. The molecule has 2 rings (SSSR count). The molecule has 2 aromatic rings. The summed E-state index contributed by atoms with van der Waals surface area (Å²) in [4.78, 5) is 12.2. The number of methoxy groups -OCH3 is 1. The second-order valence-electron chi connectivity index (χ2n) is 4.36. The van der Waals surface area contributed by atoms with Crippen LogP contribution < -0.4 is 20.5 Å². The fourth-order valence-electron chi connectivity index (χ4n) is 1.83. The largest absolute Gasteiger partial charge is 0.497 e. The molecule has 0 heterocycles. The number of hydrogen-bond donors (Lipinski definition) is 2. The lowest BCUT2D eigenvalue weighted by Crippen LogP contribution is -2.13. The second kappa shape index (κ2) is 6.65. The van der Waals surface area contributed by atoms with Crippen LogP contribution in [0.15, 0.2) is 42.5 Å². The predicted octanol–water partition coefficient (Wildman–Crippen LogP) is 2.93. The van der Waals surface area contributed by atoms with Gasteiger partial charge in [0, 0.05) is 11.6 Å². The zero-order chi connectivity index (χ0) is 15.2. The molecule has 0 aliphatic carbocycles. The molecule has 0 spiro atoms. The summed E-state index contributed by atoms with van der Waals surface area (Å²) >= 11 is 0. The smallest absolute Gasteiger partial charge is 0.255 e. The summed E-state index contributed by atoms with van der Waals surface area (Å²) in [6.45, 7) is 2.50. The van der Waals surface area contributed by atoms with Gasteiger partial charge in [0.05, 0.1) is 25.1 Å². The van der Waals surface area contributed by atoms with Gasteiger partial charge in [-0.25, -0.2) is 0 Å². The molecule has 2 aromatic carbocycles. The molecule has 5 nitrogen and oxygen atoms in total.